The number of hydrogen-bond acceptors (Lipinski definition) is 6. The third kappa shape index (κ3) is 19.1. The predicted molar refractivity (Wildman–Crippen MR) is 112 cm³/mol. The fourth-order valence-electron chi connectivity index (χ4n) is 2.17. The van der Waals surface area contributed by atoms with Gasteiger partial charge in [-0.15, -0.1) is 0 Å². The Labute approximate surface area is 221 Å². The fraction of sp³-hybridized carbons (Fsp3) is 0.600. The van der Waals surface area contributed by atoms with Gasteiger partial charge in [-0.25, -0.2) is 52.3 Å². The molecule has 2 aliphatic rings. The average Bonchev–Trinajstić information content (AvgIpc) is 3.22. The molecule has 15 heteroatoms. The summed E-state index contributed by atoms with van der Waals surface area (Å²) < 4.78 is 118. The third-order valence-corrected chi connectivity index (χ3v) is 4.80. The quantitative estimate of drug-likeness (QED) is 0.167. The Hall–Kier alpha value is -0.757. The second kappa shape index (κ2) is 16.9. The summed E-state index contributed by atoms with van der Waals surface area (Å²) in [6, 6.07) is 0. The Morgan fingerprint density at radius 2 is 0.971 bits per heavy atom. The van der Waals surface area contributed by atoms with E-state index >= 15 is 0 Å². The molecule has 0 bridgehead atoms. The topological polar surface area (TPSA) is 114 Å². The van der Waals surface area contributed by atoms with Gasteiger partial charge in [0, 0.05) is 0 Å². The van der Waals surface area contributed by atoms with Gasteiger partial charge in [-0.2, -0.15) is 37.5 Å². The Bertz CT molecular complexity index is 897. The van der Waals surface area contributed by atoms with Crippen molar-refractivity contribution in [2.45, 2.75) is 77.2 Å². The van der Waals surface area contributed by atoms with Gasteiger partial charge in [0.15, 0.2) is 20.2 Å². The van der Waals surface area contributed by atoms with Crippen LogP contribution in [0.2, 0.25) is 0 Å². The monoisotopic (exact) mass is 630 g/mol. The first-order valence-electron chi connectivity index (χ1n) is 9.76. The standard InChI is InChI=1S/2C9H13.2CHF3O3S.Zr/c2*1-3-4-9-6-5-8(2)7-9;2*2-1(3,4)8(5,6)7;/h2*6H,3-5H2,1-2H3;2*(H,5,6,7);/q2*-1;;;+4/p-2. The first-order valence-corrected chi connectivity index (χ1v) is 12.6. The second-order valence-electron chi connectivity index (χ2n) is 6.98. The molecule has 0 aromatic heterocycles. The summed E-state index contributed by atoms with van der Waals surface area (Å²) in [6.45, 7) is 8.69. The Morgan fingerprint density at radius 1 is 0.743 bits per heavy atom. The average molecular weight is 632 g/mol. The molecular weight excluding hydrogens is 606 g/mol. The van der Waals surface area contributed by atoms with Crippen LogP contribution in [0.5, 0.6) is 0 Å². The molecule has 0 aromatic carbocycles. The molecule has 0 unspecified atom stereocenters. The molecule has 0 aromatic rings. The molecule has 0 saturated heterocycles. The number of allylic oxidation sites excluding steroid dienone is 8. The van der Waals surface area contributed by atoms with Crippen molar-refractivity contribution in [3.05, 3.63) is 46.6 Å². The zero-order valence-corrected chi connectivity index (χ0v) is 23.5. The van der Waals surface area contributed by atoms with Gasteiger partial charge >= 0.3 is 37.2 Å². The van der Waals surface area contributed by atoms with E-state index in [-0.39, 0.29) is 26.2 Å². The molecule has 200 valence electrons. The fourth-order valence-corrected chi connectivity index (χ4v) is 2.17. The number of hydrogen-bond donors (Lipinski definition) is 0. The zero-order valence-electron chi connectivity index (χ0n) is 19.4. The van der Waals surface area contributed by atoms with Gasteiger partial charge in [0.05, 0.1) is 0 Å². The summed E-state index contributed by atoms with van der Waals surface area (Å²) in [5, 5.41) is 0. The first-order chi connectivity index (χ1) is 15.2. The van der Waals surface area contributed by atoms with Crippen LogP contribution in [-0.4, -0.2) is 37.0 Å². The Morgan fingerprint density at radius 3 is 1.09 bits per heavy atom. The van der Waals surface area contributed by atoms with E-state index in [1.54, 1.807) is 0 Å². The summed E-state index contributed by atoms with van der Waals surface area (Å²) in [5.74, 6) is 0. The second-order valence-corrected chi connectivity index (χ2v) is 9.72. The van der Waals surface area contributed by atoms with Crippen LogP contribution >= 0.6 is 0 Å². The molecule has 0 N–H and O–H groups in total. The molecule has 35 heavy (non-hydrogen) atoms. The van der Waals surface area contributed by atoms with Crippen LogP contribution in [0.15, 0.2) is 34.4 Å². The SMILES string of the molecule is CCCC1=CCC(C)=[C-]1.CCCC1=CCC(C)=[C-]1.O=S(=O)([O-])C(F)(F)F.O=S(=O)([O-])C(F)(F)F.[Zr+4]. The van der Waals surface area contributed by atoms with Crippen molar-refractivity contribution in [3.63, 3.8) is 0 Å². The van der Waals surface area contributed by atoms with Crippen LogP contribution in [-0.2, 0) is 46.4 Å². The molecule has 0 radical (unpaired) electrons. The van der Waals surface area contributed by atoms with E-state index in [9.17, 15) is 26.3 Å². The molecule has 0 amide bonds. The molecule has 0 heterocycles. The smallest absolute Gasteiger partial charge is 0.741 e. The van der Waals surface area contributed by atoms with Crippen molar-refractivity contribution in [1.29, 1.82) is 0 Å². The first kappa shape index (κ1) is 38.8. The summed E-state index contributed by atoms with van der Waals surface area (Å²) in [4.78, 5) is 0. The van der Waals surface area contributed by atoms with E-state index in [0.717, 1.165) is 12.8 Å². The van der Waals surface area contributed by atoms with Crippen molar-refractivity contribution < 1.29 is 78.5 Å². The Balaban J connectivity index is -0.000000387. The van der Waals surface area contributed by atoms with Gasteiger partial charge in [0.25, 0.3) is 0 Å². The number of halogens is 6. The van der Waals surface area contributed by atoms with Gasteiger partial charge in [-0.05, 0) is 0 Å². The van der Waals surface area contributed by atoms with Gasteiger partial charge < -0.3 is 9.11 Å². The van der Waals surface area contributed by atoms with Crippen LogP contribution in [0.4, 0.5) is 26.3 Å². The van der Waals surface area contributed by atoms with E-state index in [1.165, 1.54) is 48.0 Å². The minimum absolute atomic E-state index is 0. The maximum Gasteiger partial charge on any atom is 4.00 e. The minimum atomic E-state index is -6.09. The zero-order chi connectivity index (χ0) is 27.4. The number of rotatable bonds is 4. The largest absolute Gasteiger partial charge is 4.00 e. The van der Waals surface area contributed by atoms with Crippen molar-refractivity contribution in [2.24, 2.45) is 0 Å². The summed E-state index contributed by atoms with van der Waals surface area (Å²) in [5.41, 5.74) is -5.69. The normalized spacial score (nSPS) is 15.4. The van der Waals surface area contributed by atoms with Gasteiger partial charge in [-0.1, -0.05) is 66.2 Å². The maximum absolute atomic E-state index is 10.7. The van der Waals surface area contributed by atoms with Gasteiger partial charge in [0.2, 0.25) is 0 Å². The molecule has 0 aliphatic heterocycles. The van der Waals surface area contributed by atoms with E-state index in [2.05, 4.69) is 52.0 Å². The molecular formula is C20H26F6O6S2Zr. The molecule has 0 saturated carbocycles. The van der Waals surface area contributed by atoms with Crippen LogP contribution in [0, 0.1) is 12.2 Å². The van der Waals surface area contributed by atoms with Crippen molar-refractivity contribution in [3.8, 4) is 0 Å². The third-order valence-electron chi connectivity index (χ3n) is 3.66. The van der Waals surface area contributed by atoms with Gasteiger partial charge in [-0.3, -0.25) is 0 Å². The van der Waals surface area contributed by atoms with E-state index in [0.29, 0.717) is 0 Å². The van der Waals surface area contributed by atoms with Crippen molar-refractivity contribution >= 4 is 20.2 Å². The Kier molecular flexibility index (Phi) is 18.7. The minimum Gasteiger partial charge on any atom is -0.741 e. The van der Waals surface area contributed by atoms with Gasteiger partial charge in [0.1, 0.15) is 0 Å². The van der Waals surface area contributed by atoms with Crippen LogP contribution in [0.1, 0.15) is 66.2 Å². The van der Waals surface area contributed by atoms with Crippen LogP contribution in [0.3, 0.4) is 0 Å². The van der Waals surface area contributed by atoms with Crippen molar-refractivity contribution in [2.75, 3.05) is 0 Å². The van der Waals surface area contributed by atoms with Crippen LogP contribution in [0.25, 0.3) is 0 Å². The molecule has 0 fully saturated rings. The predicted octanol–water partition coefficient (Wildman–Crippen LogP) is 5.83. The number of alkyl halides is 6. The maximum atomic E-state index is 10.7. The van der Waals surface area contributed by atoms with Crippen molar-refractivity contribution in [1.82, 2.24) is 0 Å². The molecule has 6 nitrogen and oxygen atoms in total. The summed E-state index contributed by atoms with van der Waals surface area (Å²) in [6.07, 6.45) is 18.4. The molecule has 0 spiro atoms. The van der Waals surface area contributed by atoms with Crippen LogP contribution < -0.4 is 0 Å². The molecule has 2 rings (SSSR count). The van der Waals surface area contributed by atoms with E-state index < -0.39 is 31.3 Å². The van der Waals surface area contributed by atoms with E-state index in [1.807, 2.05) is 0 Å². The molecule has 2 aliphatic carbocycles. The summed E-state index contributed by atoms with van der Waals surface area (Å²) in [7, 11) is -12.2. The summed E-state index contributed by atoms with van der Waals surface area (Å²) >= 11 is 0. The van der Waals surface area contributed by atoms with E-state index in [4.69, 9.17) is 25.9 Å². The molecule has 0 atom stereocenters.